The van der Waals surface area contributed by atoms with Crippen molar-refractivity contribution in [2.75, 3.05) is 13.7 Å². The molecule has 4 heteroatoms. The monoisotopic (exact) mass is 292 g/mol. The van der Waals surface area contributed by atoms with E-state index in [4.69, 9.17) is 4.74 Å². The second kappa shape index (κ2) is 7.46. The van der Waals surface area contributed by atoms with E-state index in [9.17, 15) is 4.79 Å². The van der Waals surface area contributed by atoms with Gasteiger partial charge in [-0.25, -0.2) is 0 Å². The van der Waals surface area contributed by atoms with E-state index in [1.165, 1.54) is 0 Å². The molecule has 0 fully saturated rings. The molecule has 1 aromatic rings. The highest BCUT2D eigenvalue weighted by molar-refractivity contribution is 5.76. The fourth-order valence-corrected chi connectivity index (χ4v) is 2.13. The lowest BCUT2D eigenvalue weighted by Gasteiger charge is -2.21. The first-order chi connectivity index (χ1) is 9.73. The summed E-state index contributed by atoms with van der Waals surface area (Å²) in [6.45, 7) is 10.9. The van der Waals surface area contributed by atoms with Crippen LogP contribution in [0.25, 0.3) is 0 Å². The number of rotatable bonds is 6. The van der Waals surface area contributed by atoms with Crippen molar-refractivity contribution in [3.8, 4) is 5.75 Å². The van der Waals surface area contributed by atoms with Crippen LogP contribution in [0.5, 0.6) is 5.75 Å². The summed E-state index contributed by atoms with van der Waals surface area (Å²) in [5, 5.41) is 6.34. The summed E-state index contributed by atoms with van der Waals surface area (Å²) in [7, 11) is 1.65. The minimum absolute atomic E-state index is 0.0334. The predicted molar refractivity (Wildman–Crippen MR) is 86.7 cm³/mol. The Hall–Kier alpha value is -1.55. The summed E-state index contributed by atoms with van der Waals surface area (Å²) < 4.78 is 5.37. The van der Waals surface area contributed by atoms with Gasteiger partial charge in [0.25, 0.3) is 0 Å². The van der Waals surface area contributed by atoms with E-state index in [-0.39, 0.29) is 17.5 Å². The fraction of sp³-hybridized carbons (Fsp3) is 0.588. The van der Waals surface area contributed by atoms with Crippen LogP contribution in [0.3, 0.4) is 0 Å². The standard InChI is InChI=1S/C17H28N2O2/c1-12-7-8-15(21-6)14(11-12)13(2)19-16(20)9-10-18-17(3,4)5/h7-8,11,13,18H,9-10H2,1-6H3,(H,19,20). The third-order valence-electron chi connectivity index (χ3n) is 3.24. The Kier molecular flexibility index (Phi) is 6.21. The van der Waals surface area contributed by atoms with Gasteiger partial charge in [-0.1, -0.05) is 17.7 Å². The van der Waals surface area contributed by atoms with Crippen molar-refractivity contribution < 1.29 is 9.53 Å². The van der Waals surface area contributed by atoms with Gasteiger partial charge < -0.3 is 15.4 Å². The SMILES string of the molecule is COc1ccc(C)cc1C(C)NC(=O)CCNC(C)(C)C. The Morgan fingerprint density at radius 2 is 2.00 bits per heavy atom. The van der Waals surface area contributed by atoms with Crippen LogP contribution >= 0.6 is 0 Å². The zero-order valence-corrected chi connectivity index (χ0v) is 14.0. The van der Waals surface area contributed by atoms with Crippen LogP contribution in [0, 0.1) is 6.92 Å². The summed E-state index contributed by atoms with van der Waals surface area (Å²) >= 11 is 0. The molecule has 0 heterocycles. The Balaban J connectivity index is 2.58. The molecule has 0 aromatic heterocycles. The first kappa shape index (κ1) is 17.5. The molecule has 0 saturated heterocycles. The van der Waals surface area contributed by atoms with E-state index >= 15 is 0 Å². The summed E-state index contributed by atoms with van der Waals surface area (Å²) in [6, 6.07) is 5.93. The molecule has 1 rings (SSSR count). The first-order valence-corrected chi connectivity index (χ1v) is 7.42. The van der Waals surface area contributed by atoms with Crippen LogP contribution in [0.4, 0.5) is 0 Å². The maximum Gasteiger partial charge on any atom is 0.221 e. The number of ether oxygens (including phenoxy) is 1. The molecule has 0 aliphatic carbocycles. The average Bonchev–Trinajstić information content (AvgIpc) is 2.37. The zero-order valence-electron chi connectivity index (χ0n) is 14.0. The van der Waals surface area contributed by atoms with Crippen molar-refractivity contribution in [1.82, 2.24) is 10.6 Å². The molecule has 0 aliphatic heterocycles. The van der Waals surface area contributed by atoms with Crippen LogP contribution < -0.4 is 15.4 Å². The normalized spacial score (nSPS) is 12.9. The van der Waals surface area contributed by atoms with Gasteiger partial charge in [-0.05, 0) is 40.7 Å². The molecule has 0 saturated carbocycles. The molecule has 2 N–H and O–H groups in total. The van der Waals surface area contributed by atoms with Crippen LogP contribution in [-0.2, 0) is 4.79 Å². The molecule has 0 bridgehead atoms. The quantitative estimate of drug-likeness (QED) is 0.847. The van der Waals surface area contributed by atoms with Crippen LogP contribution in [-0.4, -0.2) is 25.1 Å². The van der Waals surface area contributed by atoms with Crippen molar-refractivity contribution in [2.45, 2.75) is 52.6 Å². The molecule has 1 aromatic carbocycles. The molecule has 0 radical (unpaired) electrons. The van der Waals surface area contributed by atoms with Crippen LogP contribution in [0.2, 0.25) is 0 Å². The Bertz CT molecular complexity index is 478. The Morgan fingerprint density at radius 1 is 1.33 bits per heavy atom. The number of amides is 1. The fourth-order valence-electron chi connectivity index (χ4n) is 2.13. The van der Waals surface area contributed by atoms with Gasteiger partial charge in [0.1, 0.15) is 5.75 Å². The number of benzene rings is 1. The number of nitrogens with one attached hydrogen (secondary N) is 2. The van der Waals surface area contributed by atoms with Gasteiger partial charge in [0.05, 0.1) is 13.2 Å². The van der Waals surface area contributed by atoms with Gasteiger partial charge >= 0.3 is 0 Å². The molecule has 0 spiro atoms. The summed E-state index contributed by atoms with van der Waals surface area (Å²) in [6.07, 6.45) is 0.468. The van der Waals surface area contributed by atoms with Gasteiger partial charge in [0.2, 0.25) is 5.91 Å². The number of methoxy groups -OCH3 is 1. The van der Waals surface area contributed by atoms with E-state index < -0.39 is 0 Å². The lowest BCUT2D eigenvalue weighted by Crippen LogP contribution is -2.38. The summed E-state index contributed by atoms with van der Waals surface area (Å²) in [5.41, 5.74) is 2.20. The topological polar surface area (TPSA) is 50.4 Å². The minimum Gasteiger partial charge on any atom is -0.496 e. The minimum atomic E-state index is -0.0676. The maximum atomic E-state index is 12.0. The van der Waals surface area contributed by atoms with Gasteiger partial charge in [0, 0.05) is 24.1 Å². The largest absolute Gasteiger partial charge is 0.496 e. The van der Waals surface area contributed by atoms with Crippen molar-refractivity contribution in [1.29, 1.82) is 0 Å². The molecule has 0 aliphatic rings. The van der Waals surface area contributed by atoms with Gasteiger partial charge in [-0.3, -0.25) is 4.79 Å². The molecule has 21 heavy (non-hydrogen) atoms. The third-order valence-corrected chi connectivity index (χ3v) is 3.24. The van der Waals surface area contributed by atoms with Crippen molar-refractivity contribution in [3.05, 3.63) is 29.3 Å². The predicted octanol–water partition coefficient (Wildman–Crippen LogP) is 2.96. The van der Waals surface area contributed by atoms with E-state index in [1.54, 1.807) is 7.11 Å². The number of hydrogen-bond acceptors (Lipinski definition) is 3. The van der Waals surface area contributed by atoms with Crippen molar-refractivity contribution in [2.24, 2.45) is 0 Å². The zero-order chi connectivity index (χ0) is 16.0. The number of carbonyl (C=O) groups excluding carboxylic acids is 1. The highest BCUT2D eigenvalue weighted by Crippen LogP contribution is 2.26. The van der Waals surface area contributed by atoms with Gasteiger partial charge in [-0.15, -0.1) is 0 Å². The van der Waals surface area contributed by atoms with E-state index in [0.29, 0.717) is 13.0 Å². The van der Waals surface area contributed by atoms with E-state index in [1.807, 2.05) is 26.0 Å². The number of carbonyl (C=O) groups is 1. The van der Waals surface area contributed by atoms with Crippen molar-refractivity contribution in [3.63, 3.8) is 0 Å². The van der Waals surface area contributed by atoms with E-state index in [0.717, 1.165) is 16.9 Å². The van der Waals surface area contributed by atoms with Gasteiger partial charge in [-0.2, -0.15) is 0 Å². The molecular formula is C17H28N2O2. The molecular weight excluding hydrogens is 264 g/mol. The smallest absolute Gasteiger partial charge is 0.221 e. The number of aryl methyl sites for hydroxylation is 1. The molecule has 1 amide bonds. The Morgan fingerprint density at radius 3 is 2.57 bits per heavy atom. The van der Waals surface area contributed by atoms with Crippen LogP contribution in [0.15, 0.2) is 18.2 Å². The highest BCUT2D eigenvalue weighted by Gasteiger charge is 2.15. The van der Waals surface area contributed by atoms with Crippen LogP contribution in [0.1, 0.15) is 51.3 Å². The lowest BCUT2D eigenvalue weighted by molar-refractivity contribution is -0.121. The highest BCUT2D eigenvalue weighted by atomic mass is 16.5. The summed E-state index contributed by atoms with van der Waals surface area (Å²) in [5.74, 6) is 0.851. The lowest BCUT2D eigenvalue weighted by atomic mass is 10.0. The molecule has 118 valence electrons. The molecule has 1 atom stereocenters. The van der Waals surface area contributed by atoms with E-state index in [2.05, 4.69) is 37.5 Å². The molecule has 4 nitrogen and oxygen atoms in total. The molecule has 1 unspecified atom stereocenters. The maximum absolute atomic E-state index is 12.0. The van der Waals surface area contributed by atoms with Crippen molar-refractivity contribution >= 4 is 5.91 Å². The average molecular weight is 292 g/mol. The third kappa shape index (κ3) is 6.17. The van der Waals surface area contributed by atoms with Gasteiger partial charge in [0.15, 0.2) is 0 Å². The first-order valence-electron chi connectivity index (χ1n) is 7.42. The second-order valence-corrected chi connectivity index (χ2v) is 6.46. The number of hydrogen-bond donors (Lipinski definition) is 2. The second-order valence-electron chi connectivity index (χ2n) is 6.46. The Labute approximate surface area is 128 Å². The summed E-state index contributed by atoms with van der Waals surface area (Å²) in [4.78, 5) is 12.0.